The predicted octanol–water partition coefficient (Wildman–Crippen LogP) is 4.32. The highest BCUT2D eigenvalue weighted by Gasteiger charge is 1.91. The van der Waals surface area contributed by atoms with Crippen LogP contribution in [0.3, 0.4) is 0 Å². The molecule has 2 aromatic rings. The van der Waals surface area contributed by atoms with Crippen LogP contribution >= 0.6 is 11.6 Å². The summed E-state index contributed by atoms with van der Waals surface area (Å²) in [7, 11) is 0. The Kier molecular flexibility index (Phi) is 4.24. The van der Waals surface area contributed by atoms with Crippen molar-refractivity contribution in [2.24, 2.45) is 0 Å². The molecular weight excluding hydrogens is 228 g/mol. The lowest BCUT2D eigenvalue weighted by Crippen LogP contribution is -1.82. The average Bonchev–Trinajstić information content (AvgIpc) is 2.38. The van der Waals surface area contributed by atoms with Crippen molar-refractivity contribution in [3.63, 3.8) is 0 Å². The summed E-state index contributed by atoms with van der Waals surface area (Å²) >= 11 is 5.83. The Morgan fingerprint density at radius 2 is 1.59 bits per heavy atom. The van der Waals surface area contributed by atoms with E-state index in [1.807, 2.05) is 54.6 Å². The smallest absolute Gasteiger partial charge is 0.0406 e. The number of rotatable bonds is 2. The van der Waals surface area contributed by atoms with E-state index in [9.17, 15) is 0 Å². The number of hydrogen-bond donors (Lipinski definition) is 0. The minimum Gasteiger partial charge on any atom is -0.0975 e. The van der Waals surface area contributed by atoms with E-state index in [0.29, 0.717) is 0 Å². The molecule has 0 amide bonds. The molecular formula is C16H13Cl. The molecule has 2 aromatic carbocycles. The molecule has 84 valence electrons. The van der Waals surface area contributed by atoms with Crippen LogP contribution in [0, 0.1) is 11.8 Å². The van der Waals surface area contributed by atoms with E-state index in [1.165, 1.54) is 5.56 Å². The molecule has 0 fully saturated rings. The number of aryl methyl sites for hydroxylation is 1. The summed E-state index contributed by atoms with van der Waals surface area (Å²) < 4.78 is 0. The summed E-state index contributed by atoms with van der Waals surface area (Å²) in [6.07, 6.45) is 1.84. The van der Waals surface area contributed by atoms with Crippen molar-refractivity contribution in [3.8, 4) is 11.8 Å². The Hall–Kier alpha value is -1.71. The maximum atomic E-state index is 5.83. The molecule has 0 spiro atoms. The molecule has 0 aliphatic rings. The highest BCUT2D eigenvalue weighted by molar-refractivity contribution is 6.30. The molecule has 0 N–H and O–H groups in total. The molecule has 0 aromatic heterocycles. The normalized spacial score (nSPS) is 9.47. The molecule has 17 heavy (non-hydrogen) atoms. The Bertz CT molecular complexity index is 515. The van der Waals surface area contributed by atoms with Crippen LogP contribution in [0.1, 0.15) is 17.5 Å². The van der Waals surface area contributed by atoms with Gasteiger partial charge in [0.25, 0.3) is 0 Å². The summed E-state index contributed by atoms with van der Waals surface area (Å²) in [5.74, 6) is 6.33. The second-order valence-corrected chi connectivity index (χ2v) is 4.23. The van der Waals surface area contributed by atoms with E-state index in [1.54, 1.807) is 0 Å². The van der Waals surface area contributed by atoms with Crippen LogP contribution in [0.15, 0.2) is 54.6 Å². The maximum Gasteiger partial charge on any atom is 0.0406 e. The Morgan fingerprint density at radius 3 is 2.29 bits per heavy atom. The summed E-state index contributed by atoms with van der Waals surface area (Å²) in [5.41, 5.74) is 2.35. The first-order chi connectivity index (χ1) is 8.34. The first kappa shape index (κ1) is 11.8. The Balaban J connectivity index is 1.88. The molecule has 0 aliphatic heterocycles. The van der Waals surface area contributed by atoms with Gasteiger partial charge >= 0.3 is 0 Å². The third-order valence-electron chi connectivity index (χ3n) is 2.46. The van der Waals surface area contributed by atoms with Gasteiger partial charge in [0.2, 0.25) is 0 Å². The van der Waals surface area contributed by atoms with E-state index in [4.69, 9.17) is 11.6 Å². The van der Waals surface area contributed by atoms with Gasteiger partial charge in [-0.15, -0.1) is 0 Å². The fourth-order valence-electron chi connectivity index (χ4n) is 1.54. The van der Waals surface area contributed by atoms with Gasteiger partial charge in [0.05, 0.1) is 0 Å². The molecule has 0 saturated heterocycles. The predicted molar refractivity (Wildman–Crippen MR) is 73.1 cm³/mol. The number of hydrogen-bond acceptors (Lipinski definition) is 0. The van der Waals surface area contributed by atoms with Crippen LogP contribution in [0.25, 0.3) is 0 Å². The molecule has 0 saturated carbocycles. The van der Waals surface area contributed by atoms with Crippen LogP contribution in [0.5, 0.6) is 0 Å². The van der Waals surface area contributed by atoms with E-state index < -0.39 is 0 Å². The summed E-state index contributed by atoms with van der Waals surface area (Å²) in [5, 5.41) is 0.782. The lowest BCUT2D eigenvalue weighted by Gasteiger charge is -1.96. The van der Waals surface area contributed by atoms with Crippen molar-refractivity contribution in [1.29, 1.82) is 0 Å². The van der Waals surface area contributed by atoms with Gasteiger partial charge in [-0.1, -0.05) is 53.8 Å². The molecule has 0 bridgehead atoms. The van der Waals surface area contributed by atoms with Crippen molar-refractivity contribution in [2.75, 3.05) is 0 Å². The Morgan fingerprint density at radius 1 is 0.882 bits per heavy atom. The van der Waals surface area contributed by atoms with E-state index in [0.717, 1.165) is 23.4 Å². The van der Waals surface area contributed by atoms with Gasteiger partial charge in [0.15, 0.2) is 0 Å². The topological polar surface area (TPSA) is 0 Å². The molecule has 0 atom stereocenters. The first-order valence-electron chi connectivity index (χ1n) is 5.63. The standard InChI is InChI=1S/C16H13Cl/c17-16-12-10-15(11-13-16)9-5-4-8-14-6-2-1-3-7-14/h1-3,6-7,10-13H,5,9H2. The zero-order valence-corrected chi connectivity index (χ0v) is 10.2. The second kappa shape index (κ2) is 6.13. The summed E-state index contributed by atoms with van der Waals surface area (Å²) in [6.45, 7) is 0. The van der Waals surface area contributed by atoms with Crippen LogP contribution in [0.2, 0.25) is 5.02 Å². The molecule has 2 rings (SSSR count). The average molecular weight is 241 g/mol. The summed E-state index contributed by atoms with van der Waals surface area (Å²) in [4.78, 5) is 0. The highest BCUT2D eigenvalue weighted by Crippen LogP contribution is 2.10. The summed E-state index contributed by atoms with van der Waals surface area (Å²) in [6, 6.07) is 18.0. The first-order valence-corrected chi connectivity index (χ1v) is 6.01. The molecule has 0 nitrogen and oxygen atoms in total. The fraction of sp³-hybridized carbons (Fsp3) is 0.125. The highest BCUT2D eigenvalue weighted by atomic mass is 35.5. The van der Waals surface area contributed by atoms with Crippen LogP contribution < -0.4 is 0 Å². The number of halogens is 1. The largest absolute Gasteiger partial charge is 0.0975 e. The van der Waals surface area contributed by atoms with Crippen LogP contribution in [0.4, 0.5) is 0 Å². The zero-order valence-electron chi connectivity index (χ0n) is 9.49. The minimum atomic E-state index is 0.782. The Labute approximate surface area is 107 Å². The zero-order chi connectivity index (χ0) is 11.9. The number of benzene rings is 2. The third-order valence-corrected chi connectivity index (χ3v) is 2.71. The van der Waals surface area contributed by atoms with Gasteiger partial charge < -0.3 is 0 Å². The SMILES string of the molecule is Clc1ccc(CCC#Cc2ccccc2)cc1. The monoisotopic (exact) mass is 240 g/mol. The third kappa shape index (κ3) is 3.98. The second-order valence-electron chi connectivity index (χ2n) is 3.79. The minimum absolute atomic E-state index is 0.782. The van der Waals surface area contributed by atoms with Gasteiger partial charge in [-0.2, -0.15) is 0 Å². The van der Waals surface area contributed by atoms with Gasteiger partial charge in [0, 0.05) is 17.0 Å². The lowest BCUT2D eigenvalue weighted by molar-refractivity contribution is 1.03. The van der Waals surface area contributed by atoms with Crippen LogP contribution in [-0.4, -0.2) is 0 Å². The molecule has 1 heteroatoms. The van der Waals surface area contributed by atoms with Gasteiger partial charge in [-0.05, 0) is 36.2 Å². The van der Waals surface area contributed by atoms with Crippen molar-refractivity contribution >= 4 is 11.6 Å². The van der Waals surface area contributed by atoms with Gasteiger partial charge in [0.1, 0.15) is 0 Å². The van der Waals surface area contributed by atoms with Crippen molar-refractivity contribution in [3.05, 3.63) is 70.7 Å². The van der Waals surface area contributed by atoms with Crippen LogP contribution in [-0.2, 0) is 6.42 Å². The van der Waals surface area contributed by atoms with Crippen molar-refractivity contribution in [1.82, 2.24) is 0 Å². The maximum absolute atomic E-state index is 5.83. The molecule has 0 radical (unpaired) electrons. The molecule has 0 heterocycles. The molecule has 0 unspecified atom stereocenters. The van der Waals surface area contributed by atoms with E-state index in [-0.39, 0.29) is 0 Å². The van der Waals surface area contributed by atoms with Crippen molar-refractivity contribution in [2.45, 2.75) is 12.8 Å². The van der Waals surface area contributed by atoms with Gasteiger partial charge in [-0.3, -0.25) is 0 Å². The van der Waals surface area contributed by atoms with E-state index >= 15 is 0 Å². The quantitative estimate of drug-likeness (QED) is 0.686. The lowest BCUT2D eigenvalue weighted by atomic mass is 10.1. The van der Waals surface area contributed by atoms with E-state index in [2.05, 4.69) is 11.8 Å². The van der Waals surface area contributed by atoms with Gasteiger partial charge in [-0.25, -0.2) is 0 Å². The molecule has 0 aliphatic carbocycles. The fourth-order valence-corrected chi connectivity index (χ4v) is 1.67. The van der Waals surface area contributed by atoms with Crippen molar-refractivity contribution < 1.29 is 0 Å².